The maximum absolute atomic E-state index is 11.9. The number of rotatable bonds is 3. The summed E-state index contributed by atoms with van der Waals surface area (Å²) in [6.07, 6.45) is 0. The van der Waals surface area contributed by atoms with E-state index in [2.05, 4.69) is 23.8 Å². The molecule has 0 atom stereocenters. The molecule has 104 valence electrons. The van der Waals surface area contributed by atoms with Gasteiger partial charge in [0, 0.05) is 11.1 Å². The minimum Gasteiger partial charge on any atom is -0.223 e. The number of nitrogens with zero attached hydrogens (tertiary/aromatic N) is 3. The van der Waals surface area contributed by atoms with Crippen LogP contribution in [-0.4, -0.2) is 24.1 Å². The standard InChI is InChI=1S/C14H15N3O2S/c1-9(2)11-4-5-13-12(8-11)10(3)16-14(17-13)20(18,19)7-6-15/h4-5,8-9H,7H2,1-3H3. The van der Waals surface area contributed by atoms with Gasteiger partial charge >= 0.3 is 0 Å². The van der Waals surface area contributed by atoms with Gasteiger partial charge in [0.25, 0.3) is 0 Å². The predicted molar refractivity (Wildman–Crippen MR) is 76.0 cm³/mol. The van der Waals surface area contributed by atoms with Crippen LogP contribution in [0.5, 0.6) is 0 Å². The van der Waals surface area contributed by atoms with E-state index in [1.807, 2.05) is 12.1 Å². The second-order valence-corrected chi connectivity index (χ2v) is 6.82. The molecular weight excluding hydrogens is 274 g/mol. The second-order valence-electron chi connectivity index (χ2n) is 4.94. The molecule has 2 aromatic rings. The van der Waals surface area contributed by atoms with Gasteiger partial charge in [0.05, 0.1) is 11.6 Å². The summed E-state index contributed by atoms with van der Waals surface area (Å²) in [5.41, 5.74) is 2.34. The van der Waals surface area contributed by atoms with Crippen LogP contribution in [0.25, 0.3) is 10.9 Å². The van der Waals surface area contributed by atoms with Gasteiger partial charge in [-0.3, -0.25) is 0 Å². The molecule has 5 nitrogen and oxygen atoms in total. The maximum atomic E-state index is 11.9. The Morgan fingerprint density at radius 1 is 1.30 bits per heavy atom. The molecule has 1 aromatic heterocycles. The number of aromatic nitrogens is 2. The van der Waals surface area contributed by atoms with Crippen molar-refractivity contribution in [2.24, 2.45) is 0 Å². The lowest BCUT2D eigenvalue weighted by Gasteiger charge is -2.09. The number of nitriles is 1. The van der Waals surface area contributed by atoms with E-state index in [1.54, 1.807) is 19.1 Å². The topological polar surface area (TPSA) is 83.7 Å². The number of sulfone groups is 1. The summed E-state index contributed by atoms with van der Waals surface area (Å²) < 4.78 is 23.7. The van der Waals surface area contributed by atoms with E-state index in [0.29, 0.717) is 17.1 Å². The maximum Gasteiger partial charge on any atom is 0.248 e. The molecule has 0 aliphatic heterocycles. The van der Waals surface area contributed by atoms with E-state index in [4.69, 9.17) is 5.26 Å². The molecule has 0 bridgehead atoms. The third-order valence-electron chi connectivity index (χ3n) is 3.09. The van der Waals surface area contributed by atoms with Crippen molar-refractivity contribution in [1.82, 2.24) is 9.97 Å². The number of benzene rings is 1. The summed E-state index contributed by atoms with van der Waals surface area (Å²) in [4.78, 5) is 8.12. The van der Waals surface area contributed by atoms with Crippen LogP contribution >= 0.6 is 0 Å². The van der Waals surface area contributed by atoms with Gasteiger partial charge in [-0.05, 0) is 30.5 Å². The van der Waals surface area contributed by atoms with Crippen molar-refractivity contribution in [2.75, 3.05) is 5.75 Å². The van der Waals surface area contributed by atoms with Gasteiger partial charge in [-0.1, -0.05) is 19.9 Å². The van der Waals surface area contributed by atoms with Gasteiger partial charge in [0.1, 0.15) is 5.75 Å². The summed E-state index contributed by atoms with van der Waals surface area (Å²) in [5.74, 6) is -0.233. The number of hydrogen-bond donors (Lipinski definition) is 0. The molecule has 1 heterocycles. The lowest BCUT2D eigenvalue weighted by molar-refractivity contribution is 0.590. The highest BCUT2D eigenvalue weighted by atomic mass is 32.2. The highest BCUT2D eigenvalue weighted by Crippen LogP contribution is 2.23. The van der Waals surface area contributed by atoms with Crippen molar-refractivity contribution < 1.29 is 8.42 Å². The van der Waals surface area contributed by atoms with Crippen molar-refractivity contribution in [3.63, 3.8) is 0 Å². The monoisotopic (exact) mass is 289 g/mol. The van der Waals surface area contributed by atoms with Crippen molar-refractivity contribution >= 4 is 20.7 Å². The highest BCUT2D eigenvalue weighted by Gasteiger charge is 2.19. The first-order valence-corrected chi connectivity index (χ1v) is 7.88. The molecule has 0 N–H and O–H groups in total. The molecule has 1 aromatic carbocycles. The highest BCUT2D eigenvalue weighted by molar-refractivity contribution is 7.91. The Kier molecular flexibility index (Phi) is 3.73. The molecule has 0 aliphatic rings. The molecule has 6 heteroatoms. The zero-order valence-electron chi connectivity index (χ0n) is 11.6. The van der Waals surface area contributed by atoms with Gasteiger partial charge in [-0.15, -0.1) is 0 Å². The molecule has 0 fully saturated rings. The van der Waals surface area contributed by atoms with Crippen LogP contribution in [0.2, 0.25) is 0 Å². The van der Waals surface area contributed by atoms with Crippen molar-refractivity contribution in [2.45, 2.75) is 31.8 Å². The minimum absolute atomic E-state index is 0.277. The molecule has 0 saturated carbocycles. The molecule has 20 heavy (non-hydrogen) atoms. The first-order chi connectivity index (χ1) is 9.35. The van der Waals surface area contributed by atoms with E-state index in [1.165, 1.54) is 0 Å². The molecule has 2 rings (SSSR count). The van der Waals surface area contributed by atoms with E-state index in [0.717, 1.165) is 10.9 Å². The van der Waals surface area contributed by atoms with Gasteiger partial charge in [0.2, 0.25) is 15.0 Å². The molecule has 0 amide bonds. The first-order valence-electron chi connectivity index (χ1n) is 6.23. The number of fused-ring (bicyclic) bond motifs is 1. The van der Waals surface area contributed by atoms with Crippen LogP contribution in [0.4, 0.5) is 0 Å². The molecule has 0 aliphatic carbocycles. The fourth-order valence-electron chi connectivity index (χ4n) is 1.92. The first kappa shape index (κ1) is 14.4. The normalized spacial score (nSPS) is 11.8. The Morgan fingerprint density at radius 2 is 2.00 bits per heavy atom. The van der Waals surface area contributed by atoms with E-state index < -0.39 is 15.6 Å². The van der Waals surface area contributed by atoms with Crippen molar-refractivity contribution in [3.05, 3.63) is 29.5 Å². The summed E-state index contributed by atoms with van der Waals surface area (Å²) in [6, 6.07) is 7.34. The number of hydrogen-bond acceptors (Lipinski definition) is 5. The van der Waals surface area contributed by atoms with Gasteiger partial charge in [-0.2, -0.15) is 5.26 Å². The Balaban J connectivity index is 2.66. The average molecular weight is 289 g/mol. The largest absolute Gasteiger partial charge is 0.248 e. The summed E-state index contributed by atoms with van der Waals surface area (Å²) in [7, 11) is -3.73. The van der Waals surface area contributed by atoms with Crippen LogP contribution in [0.3, 0.4) is 0 Å². The minimum atomic E-state index is -3.73. The second kappa shape index (κ2) is 5.17. The Bertz CT molecular complexity index is 805. The van der Waals surface area contributed by atoms with Gasteiger partial charge < -0.3 is 0 Å². The Morgan fingerprint density at radius 3 is 2.60 bits per heavy atom. The average Bonchev–Trinajstić information content (AvgIpc) is 2.38. The zero-order valence-corrected chi connectivity index (χ0v) is 12.4. The SMILES string of the molecule is Cc1nc(S(=O)(=O)CC#N)nc2ccc(C(C)C)cc12. The molecule has 0 saturated heterocycles. The Labute approximate surface area is 118 Å². The van der Waals surface area contributed by atoms with Gasteiger partial charge in [-0.25, -0.2) is 18.4 Å². The third kappa shape index (κ3) is 2.63. The lowest BCUT2D eigenvalue weighted by Crippen LogP contribution is -2.11. The van der Waals surface area contributed by atoms with Crippen molar-refractivity contribution in [1.29, 1.82) is 5.26 Å². The predicted octanol–water partition coefficient (Wildman–Crippen LogP) is 2.36. The summed E-state index contributed by atoms with van der Waals surface area (Å²) in [6.45, 7) is 5.92. The summed E-state index contributed by atoms with van der Waals surface area (Å²) >= 11 is 0. The molecular formula is C14H15N3O2S. The van der Waals surface area contributed by atoms with Crippen LogP contribution in [0, 0.1) is 18.3 Å². The van der Waals surface area contributed by atoms with Crippen LogP contribution < -0.4 is 0 Å². The lowest BCUT2D eigenvalue weighted by atomic mass is 10.0. The summed E-state index contributed by atoms with van der Waals surface area (Å²) in [5, 5.41) is 9.12. The van der Waals surface area contributed by atoms with E-state index in [9.17, 15) is 8.42 Å². The zero-order chi connectivity index (χ0) is 14.9. The van der Waals surface area contributed by atoms with Crippen LogP contribution in [-0.2, 0) is 9.84 Å². The molecule has 0 unspecified atom stereocenters. The number of aryl methyl sites for hydroxylation is 1. The molecule has 0 radical (unpaired) electrons. The van der Waals surface area contributed by atoms with Crippen molar-refractivity contribution in [3.8, 4) is 6.07 Å². The smallest absolute Gasteiger partial charge is 0.223 e. The quantitative estimate of drug-likeness (QED) is 0.810. The Hall–Kier alpha value is -2.00. The van der Waals surface area contributed by atoms with E-state index in [-0.39, 0.29) is 5.16 Å². The third-order valence-corrected chi connectivity index (χ3v) is 4.34. The van der Waals surface area contributed by atoms with E-state index >= 15 is 0 Å². The van der Waals surface area contributed by atoms with Crippen LogP contribution in [0.1, 0.15) is 31.0 Å². The fraction of sp³-hybridized carbons (Fsp3) is 0.357. The van der Waals surface area contributed by atoms with Gasteiger partial charge in [0.15, 0.2) is 0 Å². The fourth-order valence-corrected chi connectivity index (χ4v) is 2.73. The molecule has 0 spiro atoms. The van der Waals surface area contributed by atoms with Crippen LogP contribution in [0.15, 0.2) is 23.4 Å².